The minimum absolute atomic E-state index is 0.599. The summed E-state index contributed by atoms with van der Waals surface area (Å²) in [6, 6.07) is 8.93. The Balaban J connectivity index is 1.98. The molecule has 0 radical (unpaired) electrons. The van der Waals surface area contributed by atoms with Gasteiger partial charge in [-0.2, -0.15) is 13.2 Å². The Hall–Kier alpha value is -1.01. The van der Waals surface area contributed by atoms with E-state index < -0.39 is 11.7 Å². The van der Waals surface area contributed by atoms with Crippen LogP contribution in [-0.2, 0) is 12.7 Å². The van der Waals surface area contributed by atoms with Crippen LogP contribution in [0, 0.1) is 0 Å². The molecule has 18 heavy (non-hydrogen) atoms. The molecule has 2 rings (SSSR count). The van der Waals surface area contributed by atoms with Crippen molar-refractivity contribution in [3.05, 3.63) is 50.6 Å². The average molecular weight is 336 g/mol. The summed E-state index contributed by atoms with van der Waals surface area (Å²) < 4.78 is 38.1. The molecule has 96 valence electrons. The van der Waals surface area contributed by atoms with E-state index in [0.29, 0.717) is 12.2 Å². The van der Waals surface area contributed by atoms with Gasteiger partial charge in [-0.25, -0.2) is 0 Å². The number of halogens is 4. The molecule has 1 heterocycles. The molecule has 0 aliphatic carbocycles. The van der Waals surface area contributed by atoms with Crippen molar-refractivity contribution in [1.29, 1.82) is 0 Å². The van der Waals surface area contributed by atoms with Gasteiger partial charge in [0.2, 0.25) is 0 Å². The van der Waals surface area contributed by atoms with Gasteiger partial charge in [0.1, 0.15) is 0 Å². The summed E-state index contributed by atoms with van der Waals surface area (Å²) in [6.07, 6.45) is -4.28. The molecule has 0 saturated carbocycles. The summed E-state index contributed by atoms with van der Waals surface area (Å²) in [5, 5.41) is 3.08. The zero-order chi connectivity index (χ0) is 13.2. The fourth-order valence-electron chi connectivity index (χ4n) is 1.41. The van der Waals surface area contributed by atoms with Crippen LogP contribution in [0.1, 0.15) is 10.4 Å². The van der Waals surface area contributed by atoms with Crippen LogP contribution >= 0.6 is 27.3 Å². The van der Waals surface area contributed by atoms with Gasteiger partial charge in [0.15, 0.2) is 0 Å². The lowest BCUT2D eigenvalue weighted by Crippen LogP contribution is -2.05. The lowest BCUT2D eigenvalue weighted by molar-refractivity contribution is -0.137. The predicted octanol–water partition coefficient (Wildman–Crippen LogP) is 5.14. The monoisotopic (exact) mass is 335 g/mol. The molecule has 0 spiro atoms. The molecule has 0 bridgehead atoms. The quantitative estimate of drug-likeness (QED) is 0.818. The third-order valence-corrected chi connectivity index (χ3v) is 3.93. The first-order chi connectivity index (χ1) is 8.45. The van der Waals surface area contributed by atoms with Crippen LogP contribution in [0.3, 0.4) is 0 Å². The van der Waals surface area contributed by atoms with Crippen LogP contribution < -0.4 is 5.32 Å². The van der Waals surface area contributed by atoms with Crippen LogP contribution in [0.25, 0.3) is 0 Å². The number of thiophene rings is 1. The molecule has 1 nitrogen and oxygen atoms in total. The van der Waals surface area contributed by atoms with Crippen molar-refractivity contribution in [3.63, 3.8) is 0 Å². The molecule has 6 heteroatoms. The molecule has 1 aromatic carbocycles. The second-order valence-corrected chi connectivity index (χ2v) is 6.18. The van der Waals surface area contributed by atoms with Gasteiger partial charge < -0.3 is 5.32 Å². The molecule has 1 N–H and O–H groups in total. The Morgan fingerprint density at radius 1 is 1.06 bits per heavy atom. The Morgan fingerprint density at radius 3 is 2.22 bits per heavy atom. The smallest absolute Gasteiger partial charge is 0.380 e. The first kappa shape index (κ1) is 13.4. The molecular weight excluding hydrogens is 327 g/mol. The van der Waals surface area contributed by atoms with Crippen molar-refractivity contribution < 1.29 is 13.2 Å². The normalized spacial score (nSPS) is 11.6. The molecule has 2 aromatic rings. The van der Waals surface area contributed by atoms with Gasteiger partial charge in [-0.05, 0) is 52.3 Å². The SMILES string of the molecule is FC(F)(F)c1ccc(NCc2ccc(Br)s2)cc1. The van der Waals surface area contributed by atoms with Gasteiger partial charge in [-0.15, -0.1) is 11.3 Å². The molecule has 0 amide bonds. The molecular formula is C12H9BrF3NS. The maximum absolute atomic E-state index is 12.3. The minimum Gasteiger partial charge on any atom is -0.380 e. The Morgan fingerprint density at radius 2 is 1.72 bits per heavy atom. The van der Waals surface area contributed by atoms with Crippen molar-refractivity contribution in [2.24, 2.45) is 0 Å². The highest BCUT2D eigenvalue weighted by Crippen LogP contribution is 2.30. The van der Waals surface area contributed by atoms with E-state index in [2.05, 4.69) is 21.2 Å². The lowest BCUT2D eigenvalue weighted by Gasteiger charge is -2.08. The largest absolute Gasteiger partial charge is 0.416 e. The first-order valence-electron chi connectivity index (χ1n) is 5.10. The molecule has 0 unspecified atom stereocenters. The summed E-state index contributed by atoms with van der Waals surface area (Å²) in [4.78, 5) is 1.11. The fourth-order valence-corrected chi connectivity index (χ4v) is 2.84. The summed E-state index contributed by atoms with van der Waals surface area (Å²) in [5.74, 6) is 0. The standard InChI is InChI=1S/C12H9BrF3NS/c13-11-6-5-10(18-11)7-17-9-3-1-8(2-4-9)12(14,15)16/h1-6,17H,7H2. The maximum atomic E-state index is 12.3. The van der Waals surface area contributed by atoms with Crippen LogP contribution in [0.4, 0.5) is 18.9 Å². The second kappa shape index (κ2) is 5.32. The summed E-state index contributed by atoms with van der Waals surface area (Å²) in [7, 11) is 0. The Labute approximate surface area is 115 Å². The van der Waals surface area contributed by atoms with Crippen molar-refractivity contribution >= 4 is 33.0 Å². The molecule has 0 fully saturated rings. The van der Waals surface area contributed by atoms with Gasteiger partial charge in [0.25, 0.3) is 0 Å². The van der Waals surface area contributed by atoms with Gasteiger partial charge >= 0.3 is 6.18 Å². The van der Waals surface area contributed by atoms with Gasteiger partial charge in [0, 0.05) is 17.1 Å². The fraction of sp³-hybridized carbons (Fsp3) is 0.167. The first-order valence-corrected chi connectivity index (χ1v) is 6.71. The van der Waals surface area contributed by atoms with E-state index >= 15 is 0 Å². The molecule has 0 atom stereocenters. The van der Waals surface area contributed by atoms with E-state index in [9.17, 15) is 13.2 Å². The molecule has 0 saturated heterocycles. The van der Waals surface area contributed by atoms with E-state index in [0.717, 1.165) is 20.8 Å². The number of nitrogens with one attached hydrogen (secondary N) is 1. The van der Waals surface area contributed by atoms with Crippen LogP contribution in [0.2, 0.25) is 0 Å². The number of hydrogen-bond donors (Lipinski definition) is 1. The van der Waals surface area contributed by atoms with Gasteiger partial charge in [-0.1, -0.05) is 0 Å². The molecule has 1 aromatic heterocycles. The van der Waals surface area contributed by atoms with Crippen LogP contribution in [0.15, 0.2) is 40.2 Å². The van der Waals surface area contributed by atoms with Gasteiger partial charge in [-0.3, -0.25) is 0 Å². The second-order valence-electron chi connectivity index (χ2n) is 3.63. The minimum atomic E-state index is -4.28. The van der Waals surface area contributed by atoms with E-state index in [-0.39, 0.29) is 0 Å². The zero-order valence-electron chi connectivity index (χ0n) is 9.09. The summed E-state index contributed by atoms with van der Waals surface area (Å²) in [6.45, 7) is 0.599. The number of benzene rings is 1. The highest BCUT2D eigenvalue weighted by atomic mass is 79.9. The average Bonchev–Trinajstić information content (AvgIpc) is 2.72. The zero-order valence-corrected chi connectivity index (χ0v) is 11.5. The number of alkyl halides is 3. The summed E-state index contributed by atoms with van der Waals surface area (Å²) in [5.41, 5.74) is 0.0411. The topological polar surface area (TPSA) is 12.0 Å². The summed E-state index contributed by atoms with van der Waals surface area (Å²) >= 11 is 4.94. The predicted molar refractivity (Wildman–Crippen MR) is 70.8 cm³/mol. The van der Waals surface area contributed by atoms with E-state index in [1.807, 2.05) is 12.1 Å². The van der Waals surface area contributed by atoms with Crippen molar-refractivity contribution in [2.75, 3.05) is 5.32 Å². The third-order valence-electron chi connectivity index (χ3n) is 2.31. The van der Waals surface area contributed by atoms with E-state index in [1.165, 1.54) is 12.1 Å². The Kier molecular flexibility index (Phi) is 3.97. The van der Waals surface area contributed by atoms with Gasteiger partial charge in [0.05, 0.1) is 9.35 Å². The maximum Gasteiger partial charge on any atom is 0.416 e. The lowest BCUT2D eigenvalue weighted by atomic mass is 10.2. The molecule has 0 aliphatic rings. The van der Waals surface area contributed by atoms with Crippen molar-refractivity contribution in [2.45, 2.75) is 12.7 Å². The number of hydrogen-bond acceptors (Lipinski definition) is 2. The molecule has 0 aliphatic heterocycles. The van der Waals surface area contributed by atoms with Crippen molar-refractivity contribution in [3.8, 4) is 0 Å². The van der Waals surface area contributed by atoms with Crippen molar-refractivity contribution in [1.82, 2.24) is 0 Å². The highest BCUT2D eigenvalue weighted by molar-refractivity contribution is 9.11. The van der Waals surface area contributed by atoms with E-state index in [4.69, 9.17) is 0 Å². The Bertz CT molecular complexity index is 519. The van der Waals surface area contributed by atoms with Crippen LogP contribution in [0.5, 0.6) is 0 Å². The third kappa shape index (κ3) is 3.49. The van der Waals surface area contributed by atoms with E-state index in [1.54, 1.807) is 11.3 Å². The number of anilines is 1. The highest BCUT2D eigenvalue weighted by Gasteiger charge is 2.29. The number of rotatable bonds is 3. The van der Waals surface area contributed by atoms with Crippen LogP contribution in [-0.4, -0.2) is 0 Å².